The summed E-state index contributed by atoms with van der Waals surface area (Å²) in [7, 11) is 0. The number of carbonyl (C=O) groups is 1. The van der Waals surface area contributed by atoms with Crippen LogP contribution in [0.4, 0.5) is 0 Å². The van der Waals surface area contributed by atoms with E-state index in [-0.39, 0.29) is 5.41 Å². The summed E-state index contributed by atoms with van der Waals surface area (Å²) in [5.41, 5.74) is -0.119. The van der Waals surface area contributed by atoms with Crippen LogP contribution in [0, 0.1) is 11.3 Å². The highest BCUT2D eigenvalue weighted by Gasteiger charge is 2.41. The number of rotatable bonds is 7. The lowest BCUT2D eigenvalue weighted by molar-refractivity contribution is -0.131. The zero-order valence-electron chi connectivity index (χ0n) is 11.9. The fraction of sp³-hybridized carbons (Fsp3) is 0.933. The largest absolute Gasteiger partial charge is 0.353 e. The summed E-state index contributed by atoms with van der Waals surface area (Å²) in [6.07, 6.45) is 8.12. The van der Waals surface area contributed by atoms with Crippen molar-refractivity contribution in [2.75, 3.05) is 13.1 Å². The zero-order chi connectivity index (χ0) is 13.0. The van der Waals surface area contributed by atoms with Crippen LogP contribution in [0.3, 0.4) is 0 Å². The summed E-state index contributed by atoms with van der Waals surface area (Å²) in [6.45, 7) is 6.22. The summed E-state index contributed by atoms with van der Waals surface area (Å²) in [5, 5.41) is 6.69. The van der Waals surface area contributed by atoms with Gasteiger partial charge >= 0.3 is 0 Å². The number of amides is 1. The quantitative estimate of drug-likeness (QED) is 0.731. The Hall–Kier alpha value is -0.570. The molecule has 1 heterocycles. The highest BCUT2D eigenvalue weighted by Crippen LogP contribution is 2.35. The van der Waals surface area contributed by atoms with Gasteiger partial charge in [0.1, 0.15) is 0 Å². The van der Waals surface area contributed by atoms with Crippen LogP contribution in [0.15, 0.2) is 0 Å². The van der Waals surface area contributed by atoms with Crippen LogP contribution in [0.1, 0.15) is 58.8 Å². The van der Waals surface area contributed by atoms with Gasteiger partial charge in [0.05, 0.1) is 5.41 Å². The molecule has 2 atom stereocenters. The SMILES string of the molecule is CCCC1(C(=O)NC(CC)CC2CC2)CCNC1. The van der Waals surface area contributed by atoms with Gasteiger partial charge in [-0.25, -0.2) is 0 Å². The molecule has 2 unspecified atom stereocenters. The lowest BCUT2D eigenvalue weighted by Gasteiger charge is -2.29. The summed E-state index contributed by atoms with van der Waals surface area (Å²) >= 11 is 0. The van der Waals surface area contributed by atoms with Gasteiger partial charge in [-0.15, -0.1) is 0 Å². The van der Waals surface area contributed by atoms with Crippen molar-refractivity contribution in [2.45, 2.75) is 64.8 Å². The van der Waals surface area contributed by atoms with E-state index in [9.17, 15) is 4.79 Å². The number of hydrogen-bond acceptors (Lipinski definition) is 2. The van der Waals surface area contributed by atoms with Gasteiger partial charge in [-0.1, -0.05) is 33.1 Å². The Bertz CT molecular complexity index is 280. The maximum Gasteiger partial charge on any atom is 0.227 e. The van der Waals surface area contributed by atoms with Crippen molar-refractivity contribution in [3.63, 3.8) is 0 Å². The first-order chi connectivity index (χ1) is 8.70. The monoisotopic (exact) mass is 252 g/mol. The molecule has 0 aromatic heterocycles. The molecule has 1 saturated carbocycles. The molecule has 104 valence electrons. The molecule has 1 amide bonds. The Morgan fingerprint density at radius 1 is 1.44 bits per heavy atom. The minimum Gasteiger partial charge on any atom is -0.353 e. The van der Waals surface area contributed by atoms with Crippen molar-refractivity contribution in [1.29, 1.82) is 0 Å². The summed E-state index contributed by atoms with van der Waals surface area (Å²) in [4.78, 5) is 12.6. The predicted molar refractivity (Wildman–Crippen MR) is 74.4 cm³/mol. The summed E-state index contributed by atoms with van der Waals surface area (Å²) in [6, 6.07) is 0.402. The molecule has 1 saturated heterocycles. The van der Waals surface area contributed by atoms with Crippen molar-refractivity contribution in [2.24, 2.45) is 11.3 Å². The standard InChI is InChI=1S/C15H28N2O/c1-3-7-15(8-9-16-11-15)14(18)17-13(4-2)10-12-5-6-12/h12-13,16H,3-11H2,1-2H3,(H,17,18). The lowest BCUT2D eigenvalue weighted by atomic mass is 9.81. The molecule has 18 heavy (non-hydrogen) atoms. The minimum atomic E-state index is -0.119. The van der Waals surface area contributed by atoms with Gasteiger partial charge in [0.25, 0.3) is 0 Å². The predicted octanol–water partition coefficient (Wildman–Crippen LogP) is 2.46. The van der Waals surface area contributed by atoms with Crippen LogP contribution in [0.25, 0.3) is 0 Å². The molecule has 3 nitrogen and oxygen atoms in total. The van der Waals surface area contributed by atoms with E-state index >= 15 is 0 Å². The molecule has 3 heteroatoms. The molecule has 2 rings (SSSR count). The summed E-state index contributed by atoms with van der Waals surface area (Å²) in [5.74, 6) is 1.20. The second-order valence-electron chi connectivity index (χ2n) is 6.21. The fourth-order valence-electron chi connectivity index (χ4n) is 3.17. The van der Waals surface area contributed by atoms with Gasteiger partial charge in [0.15, 0.2) is 0 Å². The third-order valence-corrected chi connectivity index (χ3v) is 4.60. The molecule has 0 radical (unpaired) electrons. The minimum absolute atomic E-state index is 0.119. The van der Waals surface area contributed by atoms with Gasteiger partial charge in [0, 0.05) is 12.6 Å². The number of nitrogens with one attached hydrogen (secondary N) is 2. The zero-order valence-corrected chi connectivity index (χ0v) is 11.9. The second kappa shape index (κ2) is 6.05. The molecule has 0 spiro atoms. The van der Waals surface area contributed by atoms with E-state index in [1.807, 2.05) is 0 Å². The van der Waals surface area contributed by atoms with E-state index < -0.39 is 0 Å². The Morgan fingerprint density at radius 3 is 2.72 bits per heavy atom. The van der Waals surface area contributed by atoms with Crippen LogP contribution < -0.4 is 10.6 Å². The molecule has 1 aliphatic carbocycles. The molecule has 0 aromatic carbocycles. The van der Waals surface area contributed by atoms with Gasteiger partial charge in [-0.2, -0.15) is 0 Å². The normalized spacial score (nSPS) is 29.2. The first-order valence-electron chi connectivity index (χ1n) is 7.72. The van der Waals surface area contributed by atoms with Crippen LogP contribution in [-0.4, -0.2) is 25.0 Å². The van der Waals surface area contributed by atoms with Gasteiger partial charge in [0.2, 0.25) is 5.91 Å². The van der Waals surface area contributed by atoms with Gasteiger partial charge < -0.3 is 10.6 Å². The topological polar surface area (TPSA) is 41.1 Å². The third-order valence-electron chi connectivity index (χ3n) is 4.60. The second-order valence-corrected chi connectivity index (χ2v) is 6.21. The molecule has 2 N–H and O–H groups in total. The van der Waals surface area contributed by atoms with Crippen molar-refractivity contribution >= 4 is 5.91 Å². The highest BCUT2D eigenvalue weighted by molar-refractivity contribution is 5.83. The van der Waals surface area contributed by atoms with Crippen LogP contribution in [0.5, 0.6) is 0 Å². The van der Waals surface area contributed by atoms with E-state index in [0.717, 1.165) is 44.7 Å². The van der Waals surface area contributed by atoms with Crippen LogP contribution in [0.2, 0.25) is 0 Å². The number of hydrogen-bond donors (Lipinski definition) is 2. The van der Waals surface area contributed by atoms with Crippen LogP contribution >= 0.6 is 0 Å². The average molecular weight is 252 g/mol. The number of carbonyl (C=O) groups excluding carboxylic acids is 1. The van der Waals surface area contributed by atoms with Crippen molar-refractivity contribution in [1.82, 2.24) is 10.6 Å². The first-order valence-corrected chi connectivity index (χ1v) is 7.72. The third kappa shape index (κ3) is 3.25. The molecular weight excluding hydrogens is 224 g/mol. The van der Waals surface area contributed by atoms with Crippen molar-refractivity contribution < 1.29 is 4.79 Å². The molecule has 1 aliphatic heterocycles. The van der Waals surface area contributed by atoms with Gasteiger partial charge in [-0.3, -0.25) is 4.79 Å². The van der Waals surface area contributed by atoms with Crippen molar-refractivity contribution in [3.05, 3.63) is 0 Å². The van der Waals surface area contributed by atoms with Gasteiger partial charge in [-0.05, 0) is 38.1 Å². The van der Waals surface area contributed by atoms with E-state index in [2.05, 4.69) is 24.5 Å². The average Bonchev–Trinajstić information content (AvgIpc) is 3.05. The Labute approximate surface area is 111 Å². The van der Waals surface area contributed by atoms with E-state index in [1.165, 1.54) is 19.3 Å². The molecule has 2 aliphatic rings. The smallest absolute Gasteiger partial charge is 0.227 e. The van der Waals surface area contributed by atoms with E-state index in [4.69, 9.17) is 0 Å². The molecular formula is C15H28N2O. The Morgan fingerprint density at radius 2 is 2.22 bits per heavy atom. The van der Waals surface area contributed by atoms with E-state index in [0.29, 0.717) is 11.9 Å². The summed E-state index contributed by atoms with van der Waals surface area (Å²) < 4.78 is 0. The molecule has 0 bridgehead atoms. The molecule has 2 fully saturated rings. The van der Waals surface area contributed by atoms with Crippen LogP contribution in [-0.2, 0) is 4.79 Å². The highest BCUT2D eigenvalue weighted by atomic mass is 16.2. The fourth-order valence-corrected chi connectivity index (χ4v) is 3.17. The van der Waals surface area contributed by atoms with E-state index in [1.54, 1.807) is 0 Å². The maximum absolute atomic E-state index is 12.6. The lowest BCUT2D eigenvalue weighted by Crippen LogP contribution is -2.46. The maximum atomic E-state index is 12.6. The Kier molecular flexibility index (Phi) is 4.66. The van der Waals surface area contributed by atoms with Crippen molar-refractivity contribution in [3.8, 4) is 0 Å². The first kappa shape index (κ1) is 13.9. The molecule has 0 aromatic rings. The Balaban J connectivity index is 1.90.